The van der Waals surface area contributed by atoms with Crippen LogP contribution in [0.4, 0.5) is 17.1 Å². The van der Waals surface area contributed by atoms with E-state index in [-0.39, 0.29) is 0 Å². The molecular weight excluding hydrogens is 791 g/mol. The summed E-state index contributed by atoms with van der Waals surface area (Å²) in [5.74, 6) is 0. The summed E-state index contributed by atoms with van der Waals surface area (Å²) in [5, 5.41) is 0. The van der Waals surface area contributed by atoms with Crippen molar-refractivity contribution in [2.45, 2.75) is 20.6 Å². The minimum Gasteiger partial charge on any atom is -0.310 e. The van der Waals surface area contributed by atoms with E-state index in [0.29, 0.717) is 0 Å². The Morgan fingerprint density at radius 2 is 0.641 bits per heavy atom. The van der Waals surface area contributed by atoms with Crippen LogP contribution in [0.15, 0.2) is 259 Å². The molecule has 10 aromatic carbocycles. The molecule has 0 amide bonds. The van der Waals surface area contributed by atoms with Gasteiger partial charge < -0.3 is 4.90 Å². The van der Waals surface area contributed by atoms with Gasteiger partial charge >= 0.3 is 0 Å². The third-order valence-electron chi connectivity index (χ3n) is 14.0. The molecule has 0 radical (unpaired) electrons. The molecule has 0 saturated heterocycles. The fourth-order valence-corrected chi connectivity index (χ4v) is 12.6. The second-order valence-corrected chi connectivity index (χ2v) is 18.2. The van der Waals surface area contributed by atoms with Crippen molar-refractivity contribution in [3.05, 3.63) is 293 Å². The highest BCUT2D eigenvalue weighted by Gasteiger charge is 2.51. The van der Waals surface area contributed by atoms with E-state index in [1.165, 1.54) is 87.7 Å². The summed E-state index contributed by atoms with van der Waals surface area (Å²) in [4.78, 5) is 5.10. The molecule has 2 heteroatoms. The van der Waals surface area contributed by atoms with Crippen LogP contribution >= 0.6 is 11.8 Å². The highest BCUT2D eigenvalue weighted by molar-refractivity contribution is 7.99. The van der Waals surface area contributed by atoms with Crippen LogP contribution < -0.4 is 4.90 Å². The molecule has 0 bridgehead atoms. The summed E-state index contributed by atoms with van der Waals surface area (Å²) in [6.07, 6.45) is 0. The molecule has 0 fully saturated rings. The van der Waals surface area contributed by atoms with Gasteiger partial charge in [0.25, 0.3) is 0 Å². The van der Waals surface area contributed by atoms with Gasteiger partial charge in [-0.25, -0.2) is 0 Å². The molecule has 10 aromatic rings. The number of anilines is 3. The third kappa shape index (κ3) is 5.21. The third-order valence-corrected chi connectivity index (χ3v) is 15.2. The molecule has 64 heavy (non-hydrogen) atoms. The van der Waals surface area contributed by atoms with Crippen LogP contribution in [0, 0.1) is 0 Å². The van der Waals surface area contributed by atoms with Crippen molar-refractivity contribution >= 4 is 28.8 Å². The summed E-state index contributed by atoms with van der Waals surface area (Å²) < 4.78 is 0. The van der Waals surface area contributed by atoms with Crippen molar-refractivity contribution in [3.8, 4) is 33.4 Å². The predicted molar refractivity (Wildman–Crippen MR) is 265 cm³/mol. The van der Waals surface area contributed by atoms with E-state index < -0.39 is 10.8 Å². The second kappa shape index (κ2) is 14.5. The monoisotopic (exact) mass is 831 g/mol. The number of benzene rings is 10. The van der Waals surface area contributed by atoms with E-state index in [9.17, 15) is 0 Å². The zero-order valence-corrected chi connectivity index (χ0v) is 35.8. The van der Waals surface area contributed by atoms with Crippen LogP contribution in [-0.4, -0.2) is 0 Å². The average Bonchev–Trinajstić information content (AvgIpc) is 3.83. The summed E-state index contributed by atoms with van der Waals surface area (Å²) >= 11 is 1.89. The van der Waals surface area contributed by atoms with E-state index >= 15 is 0 Å². The molecule has 1 spiro atoms. The second-order valence-electron chi connectivity index (χ2n) is 17.1. The lowest BCUT2D eigenvalue weighted by Crippen LogP contribution is -2.32. The Balaban J connectivity index is 1.08. The fraction of sp³-hybridized carbons (Fsp3) is 0.0323. The number of rotatable bonds is 6. The lowest BCUT2D eigenvalue weighted by atomic mass is 9.67. The topological polar surface area (TPSA) is 3.24 Å². The van der Waals surface area contributed by atoms with Gasteiger partial charge in [0.15, 0.2) is 0 Å². The normalized spacial score (nSPS) is 14.1. The molecule has 1 nitrogen and oxygen atoms in total. The first-order valence-corrected chi connectivity index (χ1v) is 23.0. The van der Waals surface area contributed by atoms with Crippen LogP contribution in [0.2, 0.25) is 0 Å². The molecule has 0 aromatic heterocycles. The van der Waals surface area contributed by atoms with Gasteiger partial charge in [0.05, 0.1) is 10.8 Å². The maximum atomic E-state index is 2.51. The fourth-order valence-electron chi connectivity index (χ4n) is 11.4. The zero-order valence-electron chi connectivity index (χ0n) is 35.0. The van der Waals surface area contributed by atoms with Crippen molar-refractivity contribution in [2.75, 3.05) is 4.90 Å². The maximum absolute atomic E-state index is 2.51. The maximum Gasteiger partial charge on any atom is 0.0736 e. The summed E-state index contributed by atoms with van der Waals surface area (Å²) in [6.45, 7) is 0. The van der Waals surface area contributed by atoms with Crippen molar-refractivity contribution in [1.29, 1.82) is 0 Å². The van der Waals surface area contributed by atoms with Crippen molar-refractivity contribution in [2.24, 2.45) is 0 Å². The first-order chi connectivity index (χ1) is 31.7. The predicted octanol–water partition coefficient (Wildman–Crippen LogP) is 16.0. The number of hydrogen-bond acceptors (Lipinski definition) is 2. The van der Waals surface area contributed by atoms with E-state index in [0.717, 1.165) is 17.1 Å². The smallest absolute Gasteiger partial charge is 0.0736 e. The van der Waals surface area contributed by atoms with E-state index in [4.69, 9.17) is 0 Å². The highest BCUT2D eigenvalue weighted by Crippen LogP contribution is 2.63. The van der Waals surface area contributed by atoms with Crippen LogP contribution in [0.5, 0.6) is 0 Å². The van der Waals surface area contributed by atoms with Gasteiger partial charge in [-0.2, -0.15) is 0 Å². The number of hydrogen-bond donors (Lipinski definition) is 0. The Labute approximate surface area is 379 Å². The Bertz CT molecular complexity index is 3320. The van der Waals surface area contributed by atoms with Crippen LogP contribution in [0.3, 0.4) is 0 Å². The molecule has 2 aliphatic carbocycles. The van der Waals surface area contributed by atoms with Crippen LogP contribution in [0.25, 0.3) is 33.4 Å². The van der Waals surface area contributed by atoms with E-state index in [2.05, 4.69) is 254 Å². The number of fused-ring (bicyclic) bond motifs is 12. The lowest BCUT2D eigenvalue weighted by molar-refractivity contribution is 0.722. The SMILES string of the molecule is c1ccc(-c2ccc(N(c3ccc4c(c3)C(c3ccccc3)(c3ccccc3)c3ccccc3-4)c3ccc4c(c3)C3(c5ccccc5Sc5ccccc53)c3ccccc3-4)cc2)cc1. The Kier molecular flexibility index (Phi) is 8.35. The minimum atomic E-state index is -0.524. The first kappa shape index (κ1) is 37.0. The van der Waals surface area contributed by atoms with Gasteiger partial charge in [-0.05, 0) is 126 Å². The molecular formula is C62H41NS. The molecule has 3 aliphatic rings. The molecule has 0 N–H and O–H groups in total. The van der Waals surface area contributed by atoms with Gasteiger partial charge in [0.1, 0.15) is 0 Å². The van der Waals surface area contributed by atoms with E-state index in [1.54, 1.807) is 0 Å². The first-order valence-electron chi connectivity index (χ1n) is 22.2. The zero-order chi connectivity index (χ0) is 42.2. The van der Waals surface area contributed by atoms with Crippen LogP contribution in [0.1, 0.15) is 44.5 Å². The Hall–Kier alpha value is -7.65. The largest absolute Gasteiger partial charge is 0.310 e. The molecule has 0 saturated carbocycles. The highest BCUT2D eigenvalue weighted by atomic mass is 32.2. The van der Waals surface area contributed by atoms with Gasteiger partial charge in [-0.15, -0.1) is 0 Å². The van der Waals surface area contributed by atoms with E-state index in [1.807, 2.05) is 11.8 Å². The molecule has 0 atom stereocenters. The van der Waals surface area contributed by atoms with Gasteiger partial charge in [0, 0.05) is 26.9 Å². The van der Waals surface area contributed by atoms with Gasteiger partial charge in [0.2, 0.25) is 0 Å². The minimum absolute atomic E-state index is 0.488. The van der Waals surface area contributed by atoms with Crippen molar-refractivity contribution in [3.63, 3.8) is 0 Å². The quantitative estimate of drug-likeness (QED) is 0.164. The molecule has 1 heterocycles. The Morgan fingerprint density at radius 3 is 1.17 bits per heavy atom. The number of nitrogens with zero attached hydrogens (tertiary/aromatic N) is 1. The van der Waals surface area contributed by atoms with Crippen molar-refractivity contribution < 1.29 is 0 Å². The molecule has 300 valence electrons. The summed E-state index contributed by atoms with van der Waals surface area (Å²) in [5.41, 5.74) is 20.3. The van der Waals surface area contributed by atoms with Gasteiger partial charge in [-0.1, -0.05) is 212 Å². The van der Waals surface area contributed by atoms with Crippen molar-refractivity contribution in [1.82, 2.24) is 0 Å². The standard InChI is InChI=1S/C62H41NS/c1-4-18-42(19-5-1)43-32-34-46(35-33-43)63(47-36-38-51-49-24-10-12-26-53(49)61(57(51)40-47,44-20-6-2-7-21-44)45-22-8-3-9-23-45)48-37-39-52-50-25-11-13-27-54(50)62(58(52)41-48)55-28-14-16-30-59(55)64-60-31-17-15-29-56(60)62/h1-41H. The Morgan fingerprint density at radius 1 is 0.266 bits per heavy atom. The van der Waals surface area contributed by atoms with Crippen LogP contribution in [-0.2, 0) is 10.8 Å². The summed E-state index contributed by atoms with van der Waals surface area (Å²) in [6, 6.07) is 92.7. The van der Waals surface area contributed by atoms with Gasteiger partial charge in [-0.3, -0.25) is 0 Å². The molecule has 1 aliphatic heterocycles. The average molecular weight is 832 g/mol. The molecule has 13 rings (SSSR count). The lowest BCUT2D eigenvalue weighted by Gasteiger charge is -2.40. The summed E-state index contributed by atoms with van der Waals surface area (Å²) in [7, 11) is 0. The molecule has 0 unspecified atom stereocenters.